The van der Waals surface area contributed by atoms with E-state index in [9.17, 15) is 4.79 Å². The van der Waals surface area contributed by atoms with E-state index in [0.717, 1.165) is 32.4 Å². The average molecular weight is 330 g/mol. The van der Waals surface area contributed by atoms with Crippen molar-refractivity contribution >= 4 is 33.0 Å². The molecule has 2 unspecified atom stereocenters. The SMILES string of the molecule is CC1CCC(=O)C(CN(C)Cc2csc(Br)c2)C1. The highest BCUT2D eigenvalue weighted by Gasteiger charge is 2.27. The summed E-state index contributed by atoms with van der Waals surface area (Å²) in [6, 6.07) is 2.16. The van der Waals surface area contributed by atoms with Crippen molar-refractivity contribution in [3.8, 4) is 0 Å². The summed E-state index contributed by atoms with van der Waals surface area (Å²) in [7, 11) is 2.11. The lowest BCUT2D eigenvalue weighted by molar-refractivity contribution is -0.126. The van der Waals surface area contributed by atoms with E-state index in [1.807, 2.05) is 0 Å². The molecule has 1 aromatic heterocycles. The minimum Gasteiger partial charge on any atom is -0.301 e. The van der Waals surface area contributed by atoms with Gasteiger partial charge in [0.05, 0.1) is 3.79 Å². The van der Waals surface area contributed by atoms with E-state index in [1.165, 1.54) is 9.35 Å². The van der Waals surface area contributed by atoms with E-state index in [4.69, 9.17) is 0 Å². The fraction of sp³-hybridized carbons (Fsp3) is 0.643. The minimum atomic E-state index is 0.251. The van der Waals surface area contributed by atoms with Crippen LogP contribution in [-0.4, -0.2) is 24.3 Å². The highest BCUT2D eigenvalue weighted by atomic mass is 79.9. The third kappa shape index (κ3) is 3.90. The Morgan fingerprint density at radius 3 is 3.00 bits per heavy atom. The van der Waals surface area contributed by atoms with Gasteiger partial charge in [0.15, 0.2) is 0 Å². The first-order valence-corrected chi connectivity index (χ1v) is 8.16. The van der Waals surface area contributed by atoms with Crippen molar-refractivity contribution in [1.29, 1.82) is 0 Å². The van der Waals surface area contributed by atoms with Crippen LogP contribution in [0.2, 0.25) is 0 Å². The van der Waals surface area contributed by atoms with E-state index >= 15 is 0 Å². The van der Waals surface area contributed by atoms with E-state index < -0.39 is 0 Å². The van der Waals surface area contributed by atoms with Crippen LogP contribution in [0.3, 0.4) is 0 Å². The van der Waals surface area contributed by atoms with Crippen molar-refractivity contribution < 1.29 is 4.79 Å². The van der Waals surface area contributed by atoms with Crippen LogP contribution in [0.15, 0.2) is 15.2 Å². The first kappa shape index (κ1) is 14.2. The molecule has 0 spiro atoms. The Morgan fingerprint density at radius 2 is 2.33 bits per heavy atom. The molecular weight excluding hydrogens is 310 g/mol. The van der Waals surface area contributed by atoms with Crippen LogP contribution in [0.25, 0.3) is 0 Å². The highest BCUT2D eigenvalue weighted by molar-refractivity contribution is 9.11. The Balaban J connectivity index is 1.86. The number of Topliss-reactive ketones (excluding diaryl/α,β-unsaturated/α-hetero) is 1. The van der Waals surface area contributed by atoms with Gasteiger partial charge in [0.25, 0.3) is 0 Å². The molecule has 0 N–H and O–H groups in total. The standard InChI is InChI=1S/C14H20BrNOS/c1-10-3-4-13(17)12(5-10)8-16(2)7-11-6-14(15)18-9-11/h6,9-10,12H,3-5,7-8H2,1-2H3. The lowest BCUT2D eigenvalue weighted by Gasteiger charge is -2.29. The predicted molar refractivity (Wildman–Crippen MR) is 79.9 cm³/mol. The Kier molecular flexibility index (Phi) is 4.98. The van der Waals surface area contributed by atoms with Gasteiger partial charge in [0, 0.05) is 25.4 Å². The summed E-state index contributed by atoms with van der Waals surface area (Å²) in [5.41, 5.74) is 1.32. The number of ketones is 1. The van der Waals surface area contributed by atoms with E-state index in [1.54, 1.807) is 11.3 Å². The predicted octanol–water partition coefficient (Wildman–Crippen LogP) is 3.95. The number of carbonyl (C=O) groups is 1. The molecule has 100 valence electrons. The molecule has 0 amide bonds. The molecule has 18 heavy (non-hydrogen) atoms. The summed E-state index contributed by atoms with van der Waals surface area (Å²) in [6.07, 6.45) is 2.93. The number of halogens is 1. The Morgan fingerprint density at radius 1 is 1.56 bits per heavy atom. The molecule has 0 bridgehead atoms. The Labute approximate surface area is 122 Å². The number of thiophene rings is 1. The van der Waals surface area contributed by atoms with Crippen LogP contribution in [-0.2, 0) is 11.3 Å². The van der Waals surface area contributed by atoms with E-state index in [0.29, 0.717) is 11.7 Å². The van der Waals surface area contributed by atoms with Crippen molar-refractivity contribution in [1.82, 2.24) is 4.90 Å². The number of hydrogen-bond donors (Lipinski definition) is 0. The van der Waals surface area contributed by atoms with Crippen LogP contribution >= 0.6 is 27.3 Å². The summed E-state index contributed by atoms with van der Waals surface area (Å²) in [5, 5.41) is 2.17. The summed E-state index contributed by atoms with van der Waals surface area (Å²) in [5.74, 6) is 1.42. The van der Waals surface area contributed by atoms with E-state index in [2.05, 4.69) is 46.2 Å². The molecule has 1 aliphatic carbocycles. The zero-order valence-electron chi connectivity index (χ0n) is 11.0. The maximum absolute atomic E-state index is 11.9. The van der Waals surface area contributed by atoms with Crippen LogP contribution in [0.4, 0.5) is 0 Å². The molecule has 2 rings (SSSR count). The number of rotatable bonds is 4. The first-order chi connectivity index (χ1) is 8.54. The van der Waals surface area contributed by atoms with Gasteiger partial charge in [-0.15, -0.1) is 11.3 Å². The fourth-order valence-corrected chi connectivity index (χ4v) is 3.89. The summed E-state index contributed by atoms with van der Waals surface area (Å²) >= 11 is 5.20. The largest absolute Gasteiger partial charge is 0.301 e. The van der Waals surface area contributed by atoms with Gasteiger partial charge >= 0.3 is 0 Å². The van der Waals surface area contributed by atoms with Gasteiger partial charge in [-0.25, -0.2) is 0 Å². The summed E-state index contributed by atoms with van der Waals surface area (Å²) in [6.45, 7) is 4.09. The Bertz CT molecular complexity index is 418. The van der Waals surface area contributed by atoms with Crippen LogP contribution in [0, 0.1) is 11.8 Å². The molecule has 1 saturated carbocycles. The number of hydrogen-bond acceptors (Lipinski definition) is 3. The lowest BCUT2D eigenvalue weighted by atomic mass is 9.81. The Hall–Kier alpha value is -0.190. The van der Waals surface area contributed by atoms with Gasteiger partial charge < -0.3 is 4.90 Å². The lowest BCUT2D eigenvalue weighted by Crippen LogP contribution is -2.34. The van der Waals surface area contributed by atoms with Gasteiger partial charge in [-0.05, 0) is 58.7 Å². The monoisotopic (exact) mass is 329 g/mol. The van der Waals surface area contributed by atoms with Crippen molar-refractivity contribution in [2.45, 2.75) is 32.7 Å². The van der Waals surface area contributed by atoms with Gasteiger partial charge in [-0.2, -0.15) is 0 Å². The molecule has 1 fully saturated rings. The minimum absolute atomic E-state index is 0.251. The molecule has 4 heteroatoms. The van der Waals surface area contributed by atoms with Crippen molar-refractivity contribution in [2.75, 3.05) is 13.6 Å². The highest BCUT2D eigenvalue weighted by Crippen LogP contribution is 2.27. The third-order valence-corrected chi connectivity index (χ3v) is 5.19. The van der Waals surface area contributed by atoms with Crippen LogP contribution in [0.5, 0.6) is 0 Å². The topological polar surface area (TPSA) is 20.3 Å². The van der Waals surface area contributed by atoms with Crippen molar-refractivity contribution in [3.63, 3.8) is 0 Å². The number of nitrogens with zero attached hydrogens (tertiary/aromatic N) is 1. The summed E-state index contributed by atoms with van der Waals surface area (Å²) in [4.78, 5) is 14.2. The molecule has 2 nitrogen and oxygen atoms in total. The molecule has 1 aromatic rings. The molecule has 0 saturated heterocycles. The molecule has 2 atom stereocenters. The van der Waals surface area contributed by atoms with E-state index in [-0.39, 0.29) is 5.92 Å². The maximum atomic E-state index is 11.9. The molecule has 0 aromatic carbocycles. The zero-order chi connectivity index (χ0) is 13.1. The molecule has 0 radical (unpaired) electrons. The van der Waals surface area contributed by atoms with Gasteiger partial charge in [0.1, 0.15) is 5.78 Å². The summed E-state index contributed by atoms with van der Waals surface area (Å²) < 4.78 is 1.17. The zero-order valence-corrected chi connectivity index (χ0v) is 13.4. The van der Waals surface area contributed by atoms with Crippen molar-refractivity contribution in [2.24, 2.45) is 11.8 Å². The second kappa shape index (κ2) is 6.31. The normalized spacial score (nSPS) is 24.8. The second-order valence-corrected chi connectivity index (χ2v) is 7.79. The van der Waals surface area contributed by atoms with Gasteiger partial charge in [-0.1, -0.05) is 6.92 Å². The molecular formula is C14H20BrNOS. The first-order valence-electron chi connectivity index (χ1n) is 6.48. The van der Waals surface area contributed by atoms with Gasteiger partial charge in [0.2, 0.25) is 0 Å². The third-order valence-electron chi connectivity index (χ3n) is 3.63. The quantitative estimate of drug-likeness (QED) is 0.833. The second-order valence-electron chi connectivity index (χ2n) is 5.50. The molecule has 1 heterocycles. The van der Waals surface area contributed by atoms with Gasteiger partial charge in [-0.3, -0.25) is 4.79 Å². The van der Waals surface area contributed by atoms with Crippen LogP contribution < -0.4 is 0 Å². The fourth-order valence-electron chi connectivity index (χ4n) is 2.69. The molecule has 1 aliphatic rings. The van der Waals surface area contributed by atoms with Crippen LogP contribution in [0.1, 0.15) is 31.7 Å². The average Bonchev–Trinajstić information content (AvgIpc) is 2.69. The smallest absolute Gasteiger partial charge is 0.137 e. The maximum Gasteiger partial charge on any atom is 0.137 e. The van der Waals surface area contributed by atoms with Crippen molar-refractivity contribution in [3.05, 3.63) is 20.8 Å². The number of carbonyl (C=O) groups excluding carboxylic acids is 1. The molecule has 0 aliphatic heterocycles.